The van der Waals surface area contributed by atoms with Crippen molar-refractivity contribution in [3.05, 3.63) is 0 Å². The van der Waals surface area contributed by atoms with E-state index in [4.69, 9.17) is 5.73 Å². The van der Waals surface area contributed by atoms with Gasteiger partial charge in [0, 0.05) is 19.6 Å². The Morgan fingerprint density at radius 2 is 1.91 bits per heavy atom. The highest BCUT2D eigenvalue weighted by Gasteiger charge is 2.13. The molecule has 1 saturated heterocycles. The first-order valence-corrected chi connectivity index (χ1v) is 4.38. The second-order valence-corrected chi connectivity index (χ2v) is 3.43. The topological polar surface area (TPSA) is 32.5 Å². The minimum Gasteiger partial charge on any atom is -0.316 e. The van der Waals surface area contributed by atoms with Gasteiger partial charge in [0.05, 0.1) is 6.17 Å². The molecule has 2 N–H and O–H groups in total. The minimum atomic E-state index is 0.224. The van der Waals surface area contributed by atoms with Gasteiger partial charge in [-0.1, -0.05) is 0 Å². The van der Waals surface area contributed by atoms with E-state index in [-0.39, 0.29) is 6.17 Å². The first-order valence-electron chi connectivity index (χ1n) is 4.38. The number of nitrogens with zero attached hydrogens (tertiary/aromatic N) is 2. The van der Waals surface area contributed by atoms with E-state index in [0.717, 1.165) is 19.6 Å². The van der Waals surface area contributed by atoms with Crippen LogP contribution < -0.4 is 5.73 Å². The summed E-state index contributed by atoms with van der Waals surface area (Å²) in [6.07, 6.45) is 1.47. The Bertz CT molecular complexity index is 114. The Labute approximate surface area is 69.1 Å². The Morgan fingerprint density at radius 3 is 2.55 bits per heavy atom. The third kappa shape index (κ3) is 2.77. The standard InChI is InChI=1S/C8H19N3/c1-8(9)11-5-3-4-10(2)6-7-11/h8H,3-7,9H2,1-2H3. The maximum Gasteiger partial charge on any atom is 0.0543 e. The summed E-state index contributed by atoms with van der Waals surface area (Å²) in [6.45, 7) is 6.70. The molecule has 1 aliphatic heterocycles. The van der Waals surface area contributed by atoms with Crippen molar-refractivity contribution in [3.63, 3.8) is 0 Å². The smallest absolute Gasteiger partial charge is 0.0543 e. The molecule has 1 atom stereocenters. The SMILES string of the molecule is CC(N)N1CCCN(C)CC1. The lowest BCUT2D eigenvalue weighted by molar-refractivity contribution is 0.219. The van der Waals surface area contributed by atoms with Crippen molar-refractivity contribution < 1.29 is 0 Å². The number of rotatable bonds is 1. The van der Waals surface area contributed by atoms with Crippen LogP contribution in [0.3, 0.4) is 0 Å². The molecule has 0 aromatic heterocycles. The van der Waals surface area contributed by atoms with Gasteiger partial charge in [0.25, 0.3) is 0 Å². The van der Waals surface area contributed by atoms with Gasteiger partial charge in [-0.05, 0) is 26.9 Å². The van der Waals surface area contributed by atoms with Crippen LogP contribution in [-0.2, 0) is 0 Å². The molecule has 0 amide bonds. The van der Waals surface area contributed by atoms with E-state index in [0.29, 0.717) is 0 Å². The molecule has 0 spiro atoms. The molecule has 1 aliphatic rings. The van der Waals surface area contributed by atoms with Crippen LogP contribution in [0.5, 0.6) is 0 Å². The average molecular weight is 157 g/mol. The summed E-state index contributed by atoms with van der Waals surface area (Å²) in [5.41, 5.74) is 5.79. The fraction of sp³-hybridized carbons (Fsp3) is 1.00. The molecule has 0 radical (unpaired) electrons. The first-order chi connectivity index (χ1) is 5.20. The maximum absolute atomic E-state index is 5.79. The van der Waals surface area contributed by atoms with Crippen LogP contribution in [0.4, 0.5) is 0 Å². The fourth-order valence-electron chi connectivity index (χ4n) is 1.47. The highest BCUT2D eigenvalue weighted by molar-refractivity contribution is 4.68. The zero-order valence-corrected chi connectivity index (χ0v) is 7.58. The van der Waals surface area contributed by atoms with Gasteiger partial charge in [0.15, 0.2) is 0 Å². The highest BCUT2D eigenvalue weighted by Crippen LogP contribution is 2.01. The van der Waals surface area contributed by atoms with E-state index >= 15 is 0 Å². The summed E-state index contributed by atoms with van der Waals surface area (Å²) in [5, 5.41) is 0. The van der Waals surface area contributed by atoms with E-state index < -0.39 is 0 Å². The first kappa shape index (κ1) is 8.97. The number of nitrogens with two attached hydrogens (primary N) is 1. The molecule has 11 heavy (non-hydrogen) atoms. The summed E-state index contributed by atoms with van der Waals surface area (Å²) in [7, 11) is 2.17. The summed E-state index contributed by atoms with van der Waals surface area (Å²) in [6, 6.07) is 0. The molecule has 0 saturated carbocycles. The van der Waals surface area contributed by atoms with Crippen LogP contribution in [0, 0.1) is 0 Å². The third-order valence-electron chi connectivity index (χ3n) is 2.33. The molecule has 1 fully saturated rings. The van der Waals surface area contributed by atoms with Gasteiger partial charge in [-0.25, -0.2) is 0 Å². The van der Waals surface area contributed by atoms with E-state index in [2.05, 4.69) is 23.8 Å². The molecule has 0 aromatic rings. The van der Waals surface area contributed by atoms with Crippen molar-refractivity contribution in [2.45, 2.75) is 19.5 Å². The molecule has 1 unspecified atom stereocenters. The minimum absolute atomic E-state index is 0.224. The summed E-state index contributed by atoms with van der Waals surface area (Å²) in [5.74, 6) is 0. The van der Waals surface area contributed by atoms with Crippen molar-refractivity contribution in [1.29, 1.82) is 0 Å². The number of likely N-dealkylation sites (N-methyl/N-ethyl adjacent to an activating group) is 1. The number of hydrogen-bond donors (Lipinski definition) is 1. The Kier molecular flexibility index (Phi) is 3.30. The third-order valence-corrected chi connectivity index (χ3v) is 2.33. The maximum atomic E-state index is 5.79. The second kappa shape index (κ2) is 4.04. The molecule has 0 bridgehead atoms. The predicted molar refractivity (Wildman–Crippen MR) is 47.3 cm³/mol. The van der Waals surface area contributed by atoms with Gasteiger partial charge in [-0.15, -0.1) is 0 Å². The summed E-state index contributed by atoms with van der Waals surface area (Å²) in [4.78, 5) is 4.70. The predicted octanol–water partition coefficient (Wildman–Crippen LogP) is -0.0714. The largest absolute Gasteiger partial charge is 0.316 e. The van der Waals surface area contributed by atoms with Crippen molar-refractivity contribution in [1.82, 2.24) is 9.80 Å². The van der Waals surface area contributed by atoms with Crippen LogP contribution in [0.15, 0.2) is 0 Å². The molecular formula is C8H19N3. The molecule has 1 heterocycles. The zero-order chi connectivity index (χ0) is 8.27. The van der Waals surface area contributed by atoms with Gasteiger partial charge < -0.3 is 10.6 Å². The van der Waals surface area contributed by atoms with E-state index in [9.17, 15) is 0 Å². The van der Waals surface area contributed by atoms with Crippen LogP contribution >= 0.6 is 0 Å². The molecule has 1 rings (SSSR count). The fourth-order valence-corrected chi connectivity index (χ4v) is 1.47. The van der Waals surface area contributed by atoms with Crippen molar-refractivity contribution in [3.8, 4) is 0 Å². The molecular weight excluding hydrogens is 138 g/mol. The lowest BCUT2D eigenvalue weighted by Crippen LogP contribution is -2.41. The van der Waals surface area contributed by atoms with Crippen molar-refractivity contribution >= 4 is 0 Å². The zero-order valence-electron chi connectivity index (χ0n) is 7.58. The van der Waals surface area contributed by atoms with Gasteiger partial charge in [-0.3, -0.25) is 4.90 Å². The highest BCUT2D eigenvalue weighted by atomic mass is 15.3. The lowest BCUT2D eigenvalue weighted by Gasteiger charge is -2.23. The average Bonchev–Trinajstić information content (AvgIpc) is 2.13. The summed E-state index contributed by atoms with van der Waals surface area (Å²) >= 11 is 0. The molecule has 66 valence electrons. The Balaban J connectivity index is 2.34. The monoisotopic (exact) mass is 157 g/mol. The summed E-state index contributed by atoms with van der Waals surface area (Å²) < 4.78 is 0. The quantitative estimate of drug-likeness (QED) is 0.578. The molecule has 0 aromatic carbocycles. The number of hydrogen-bond acceptors (Lipinski definition) is 3. The molecule has 0 aliphatic carbocycles. The van der Waals surface area contributed by atoms with Crippen molar-refractivity contribution in [2.24, 2.45) is 5.73 Å². The van der Waals surface area contributed by atoms with E-state index in [1.807, 2.05) is 0 Å². The van der Waals surface area contributed by atoms with Crippen LogP contribution in [0.1, 0.15) is 13.3 Å². The van der Waals surface area contributed by atoms with Gasteiger partial charge in [-0.2, -0.15) is 0 Å². The second-order valence-electron chi connectivity index (χ2n) is 3.43. The van der Waals surface area contributed by atoms with Crippen LogP contribution in [-0.4, -0.2) is 49.2 Å². The van der Waals surface area contributed by atoms with Crippen molar-refractivity contribution in [2.75, 3.05) is 33.2 Å². The van der Waals surface area contributed by atoms with Gasteiger partial charge >= 0.3 is 0 Å². The van der Waals surface area contributed by atoms with Gasteiger partial charge in [0.2, 0.25) is 0 Å². The Morgan fingerprint density at radius 1 is 1.18 bits per heavy atom. The van der Waals surface area contributed by atoms with E-state index in [1.54, 1.807) is 0 Å². The molecule has 3 heteroatoms. The Hall–Kier alpha value is -0.120. The van der Waals surface area contributed by atoms with Crippen LogP contribution in [0.2, 0.25) is 0 Å². The lowest BCUT2D eigenvalue weighted by atomic mass is 10.3. The van der Waals surface area contributed by atoms with Crippen LogP contribution in [0.25, 0.3) is 0 Å². The molecule has 3 nitrogen and oxygen atoms in total. The van der Waals surface area contributed by atoms with Gasteiger partial charge in [0.1, 0.15) is 0 Å². The normalized spacial score (nSPS) is 26.5. The van der Waals surface area contributed by atoms with E-state index in [1.165, 1.54) is 13.0 Å².